The average molecular weight is 531 g/mol. The molecular weight excluding hydrogens is 506 g/mol. The number of likely N-dealkylation sites (N-methyl/N-ethyl adjacent to an activating group) is 1. The van der Waals surface area contributed by atoms with Gasteiger partial charge >= 0.3 is 0 Å². The van der Waals surface area contributed by atoms with Crippen molar-refractivity contribution in [3.05, 3.63) is 94.5 Å². The molecule has 4 aromatic rings. The standard InChI is InChI=1S/C25H24BrN3OS.ClH/c1-28(2)15-16-29(25-27-21-14-13-20(26)17-22(21)31-25)24(30)23(18-9-5-3-6-10-18)19-11-7-4-8-12-19;/h3-14,17,23H,15-16H2,1-2H3;1H. The SMILES string of the molecule is CN(C)CCN(C(=O)C(c1ccccc1)c1ccccc1)c1nc2ccc(Br)cc2s1.Cl. The Morgan fingerprint density at radius 3 is 2.09 bits per heavy atom. The highest BCUT2D eigenvalue weighted by molar-refractivity contribution is 9.10. The highest BCUT2D eigenvalue weighted by Crippen LogP contribution is 2.34. The first-order valence-electron chi connectivity index (χ1n) is 10.1. The minimum absolute atomic E-state index is 0. The van der Waals surface area contributed by atoms with Gasteiger partial charge in [0.1, 0.15) is 0 Å². The van der Waals surface area contributed by atoms with E-state index in [1.165, 1.54) is 0 Å². The van der Waals surface area contributed by atoms with Gasteiger partial charge in [-0.2, -0.15) is 0 Å². The lowest BCUT2D eigenvalue weighted by molar-refractivity contribution is -0.119. The number of hydrogen-bond donors (Lipinski definition) is 0. The predicted octanol–water partition coefficient (Wildman–Crippen LogP) is 6.21. The maximum absolute atomic E-state index is 14.1. The van der Waals surface area contributed by atoms with Crippen LogP contribution in [0.5, 0.6) is 0 Å². The number of carbonyl (C=O) groups excluding carboxylic acids is 1. The predicted molar refractivity (Wildman–Crippen MR) is 140 cm³/mol. The lowest BCUT2D eigenvalue weighted by Gasteiger charge is -2.27. The van der Waals surface area contributed by atoms with Crippen molar-refractivity contribution >= 4 is 60.9 Å². The summed E-state index contributed by atoms with van der Waals surface area (Å²) in [6.45, 7) is 1.32. The quantitative estimate of drug-likeness (QED) is 0.285. The molecule has 0 fully saturated rings. The molecule has 32 heavy (non-hydrogen) atoms. The molecule has 0 radical (unpaired) electrons. The van der Waals surface area contributed by atoms with Gasteiger partial charge in [0.05, 0.1) is 16.1 Å². The molecule has 1 aromatic heterocycles. The van der Waals surface area contributed by atoms with E-state index in [4.69, 9.17) is 4.98 Å². The summed E-state index contributed by atoms with van der Waals surface area (Å²) in [6, 6.07) is 26.0. The summed E-state index contributed by atoms with van der Waals surface area (Å²) in [5.74, 6) is -0.347. The Morgan fingerprint density at radius 2 is 1.53 bits per heavy atom. The van der Waals surface area contributed by atoms with Crippen molar-refractivity contribution < 1.29 is 4.79 Å². The largest absolute Gasteiger partial charge is 0.308 e. The number of hydrogen-bond acceptors (Lipinski definition) is 4. The summed E-state index contributed by atoms with van der Waals surface area (Å²) in [5.41, 5.74) is 2.87. The van der Waals surface area contributed by atoms with Gasteiger partial charge in [-0.05, 0) is 43.4 Å². The van der Waals surface area contributed by atoms with E-state index in [1.807, 2.05) is 91.8 Å². The van der Waals surface area contributed by atoms with Gasteiger partial charge in [0.25, 0.3) is 0 Å². The van der Waals surface area contributed by atoms with Crippen LogP contribution >= 0.6 is 39.7 Å². The van der Waals surface area contributed by atoms with Crippen LogP contribution in [0.1, 0.15) is 17.0 Å². The minimum Gasteiger partial charge on any atom is -0.308 e. The molecule has 4 nitrogen and oxygen atoms in total. The van der Waals surface area contributed by atoms with Crippen molar-refractivity contribution in [1.29, 1.82) is 0 Å². The molecule has 0 aliphatic heterocycles. The molecule has 0 saturated heterocycles. The van der Waals surface area contributed by atoms with Crippen LogP contribution in [-0.4, -0.2) is 43.0 Å². The van der Waals surface area contributed by atoms with Crippen LogP contribution in [0.4, 0.5) is 5.13 Å². The van der Waals surface area contributed by atoms with Crippen LogP contribution < -0.4 is 4.90 Å². The van der Waals surface area contributed by atoms with E-state index in [-0.39, 0.29) is 24.2 Å². The number of aromatic nitrogens is 1. The van der Waals surface area contributed by atoms with E-state index < -0.39 is 0 Å². The van der Waals surface area contributed by atoms with E-state index in [2.05, 4.69) is 26.9 Å². The van der Waals surface area contributed by atoms with E-state index in [0.717, 1.165) is 37.5 Å². The number of benzene rings is 3. The molecule has 166 valence electrons. The summed E-state index contributed by atoms with van der Waals surface area (Å²) in [6.07, 6.45) is 0. The fourth-order valence-electron chi connectivity index (χ4n) is 3.53. The normalized spacial score (nSPS) is 11.0. The highest BCUT2D eigenvalue weighted by Gasteiger charge is 2.30. The number of amides is 1. The molecule has 0 bridgehead atoms. The third-order valence-corrected chi connectivity index (χ3v) is 6.65. The second-order valence-corrected chi connectivity index (χ2v) is 9.58. The molecule has 3 aromatic carbocycles. The van der Waals surface area contributed by atoms with Crippen molar-refractivity contribution in [1.82, 2.24) is 9.88 Å². The van der Waals surface area contributed by atoms with Crippen LogP contribution in [0.15, 0.2) is 83.3 Å². The van der Waals surface area contributed by atoms with E-state index in [1.54, 1.807) is 11.3 Å². The average Bonchev–Trinajstić information content (AvgIpc) is 3.18. The Kier molecular flexibility index (Phi) is 8.43. The first-order valence-corrected chi connectivity index (χ1v) is 11.8. The van der Waals surface area contributed by atoms with Crippen LogP contribution in [-0.2, 0) is 4.79 Å². The summed E-state index contributed by atoms with van der Waals surface area (Å²) in [4.78, 5) is 22.8. The molecule has 0 aliphatic rings. The van der Waals surface area contributed by atoms with Gasteiger partial charge in [0.15, 0.2) is 5.13 Å². The Balaban J connectivity index is 0.00000289. The van der Waals surface area contributed by atoms with Gasteiger partial charge in [-0.25, -0.2) is 4.98 Å². The number of rotatable bonds is 7. The summed E-state index contributed by atoms with van der Waals surface area (Å²) < 4.78 is 2.07. The number of thiazole rings is 1. The van der Waals surface area contributed by atoms with Gasteiger partial charge in [-0.3, -0.25) is 9.69 Å². The number of anilines is 1. The lowest BCUT2D eigenvalue weighted by Crippen LogP contribution is -2.40. The maximum atomic E-state index is 14.1. The summed E-state index contributed by atoms with van der Waals surface area (Å²) in [5, 5.41) is 0.733. The third kappa shape index (κ3) is 5.56. The van der Waals surface area contributed by atoms with Crippen LogP contribution in [0.25, 0.3) is 10.2 Å². The molecule has 1 amide bonds. The van der Waals surface area contributed by atoms with Crippen molar-refractivity contribution in [2.75, 3.05) is 32.1 Å². The van der Waals surface area contributed by atoms with Crippen molar-refractivity contribution in [3.63, 3.8) is 0 Å². The Morgan fingerprint density at radius 1 is 0.938 bits per heavy atom. The van der Waals surface area contributed by atoms with Gasteiger partial charge in [-0.1, -0.05) is 87.9 Å². The third-order valence-electron chi connectivity index (χ3n) is 5.12. The molecular formula is C25H25BrClN3OS. The lowest BCUT2D eigenvalue weighted by atomic mass is 9.90. The minimum atomic E-state index is -0.386. The van der Waals surface area contributed by atoms with Gasteiger partial charge < -0.3 is 4.90 Å². The highest BCUT2D eigenvalue weighted by atomic mass is 79.9. The van der Waals surface area contributed by atoms with E-state index in [9.17, 15) is 4.79 Å². The van der Waals surface area contributed by atoms with Crippen molar-refractivity contribution in [2.45, 2.75) is 5.92 Å². The molecule has 0 spiro atoms. The first-order chi connectivity index (χ1) is 15.0. The molecule has 0 aliphatic carbocycles. The monoisotopic (exact) mass is 529 g/mol. The van der Waals surface area contributed by atoms with Crippen LogP contribution in [0.2, 0.25) is 0 Å². The zero-order chi connectivity index (χ0) is 21.8. The van der Waals surface area contributed by atoms with Crippen LogP contribution in [0.3, 0.4) is 0 Å². The van der Waals surface area contributed by atoms with Crippen LogP contribution in [0, 0.1) is 0 Å². The molecule has 0 unspecified atom stereocenters. The molecule has 4 rings (SSSR count). The molecule has 0 N–H and O–H groups in total. The fraction of sp³-hybridized carbons (Fsp3) is 0.200. The van der Waals surface area contributed by atoms with Crippen molar-refractivity contribution in [2.24, 2.45) is 0 Å². The second-order valence-electron chi connectivity index (χ2n) is 7.66. The zero-order valence-corrected chi connectivity index (χ0v) is 21.2. The number of nitrogens with zero attached hydrogens (tertiary/aromatic N) is 3. The van der Waals surface area contributed by atoms with Crippen molar-refractivity contribution in [3.8, 4) is 0 Å². The number of carbonyl (C=O) groups is 1. The Bertz CT molecular complexity index is 1130. The smallest absolute Gasteiger partial charge is 0.240 e. The second kappa shape index (κ2) is 11.1. The summed E-state index contributed by atoms with van der Waals surface area (Å²) >= 11 is 5.09. The summed E-state index contributed by atoms with van der Waals surface area (Å²) in [7, 11) is 4.04. The number of halogens is 2. The number of fused-ring (bicyclic) bond motifs is 1. The topological polar surface area (TPSA) is 36.4 Å². The molecule has 7 heteroatoms. The van der Waals surface area contributed by atoms with Gasteiger partial charge in [-0.15, -0.1) is 12.4 Å². The van der Waals surface area contributed by atoms with E-state index in [0.29, 0.717) is 6.54 Å². The molecule has 0 atom stereocenters. The van der Waals surface area contributed by atoms with E-state index >= 15 is 0 Å². The Hall–Kier alpha value is -2.25. The maximum Gasteiger partial charge on any atom is 0.240 e. The first kappa shape index (κ1) is 24.4. The molecule has 0 saturated carbocycles. The van der Waals surface area contributed by atoms with Gasteiger partial charge in [0.2, 0.25) is 5.91 Å². The zero-order valence-electron chi connectivity index (χ0n) is 17.9. The fourth-order valence-corrected chi connectivity index (χ4v) is 5.08. The molecule has 1 heterocycles. The Labute approximate surface area is 207 Å². The van der Waals surface area contributed by atoms with Gasteiger partial charge in [0, 0.05) is 17.6 Å².